The highest BCUT2D eigenvalue weighted by Gasteiger charge is 2.43. The van der Waals surface area contributed by atoms with Gasteiger partial charge in [-0.2, -0.15) is 0 Å². The molecule has 2 heterocycles. The van der Waals surface area contributed by atoms with Crippen molar-refractivity contribution in [3.8, 4) is 0 Å². The minimum atomic E-state index is -0.859. The molecule has 176 valence electrons. The van der Waals surface area contributed by atoms with E-state index in [4.69, 9.17) is 11.6 Å². The van der Waals surface area contributed by atoms with Crippen molar-refractivity contribution in [1.82, 2.24) is 10.3 Å². The number of Topliss-reactive ketones (excluding diaryl/α,β-unsaturated/α-hetero) is 1. The van der Waals surface area contributed by atoms with E-state index in [-0.39, 0.29) is 27.5 Å². The van der Waals surface area contributed by atoms with E-state index in [9.17, 15) is 19.7 Å². The molecule has 0 saturated carbocycles. The Bertz CT molecular complexity index is 1280. The van der Waals surface area contributed by atoms with Crippen LogP contribution in [0.15, 0.2) is 63.5 Å². The number of nitrogens with one attached hydrogen (secondary N) is 2. The van der Waals surface area contributed by atoms with E-state index in [1.54, 1.807) is 25.3 Å². The summed E-state index contributed by atoms with van der Waals surface area (Å²) in [6.45, 7) is 5.76. The SMILES string of the molecule is CC1=C(C(=O)Nc2ccc(Br)cn2)[C@@H](c2cc([N+](=O)[O-])ccc2Cl)C2=C(CC(C)(C)CC2=O)N1. The Morgan fingerprint density at radius 3 is 2.68 bits per heavy atom. The summed E-state index contributed by atoms with van der Waals surface area (Å²) in [4.78, 5) is 42.1. The largest absolute Gasteiger partial charge is 0.362 e. The molecule has 4 rings (SSSR count). The number of anilines is 1. The van der Waals surface area contributed by atoms with Crippen LogP contribution in [0, 0.1) is 15.5 Å². The third-order valence-electron chi connectivity index (χ3n) is 5.95. The minimum Gasteiger partial charge on any atom is -0.362 e. The van der Waals surface area contributed by atoms with Gasteiger partial charge in [0.05, 0.1) is 4.92 Å². The summed E-state index contributed by atoms with van der Waals surface area (Å²) in [5.41, 5.74) is 1.85. The fraction of sp³-hybridized carbons (Fsp3) is 0.292. The first-order chi connectivity index (χ1) is 16.0. The standard InChI is InChI=1S/C24H22BrClN4O4/c1-12-20(23(32)29-19-7-4-13(25)11-27-19)21(15-8-14(30(33)34)5-6-16(15)26)22-17(28-12)9-24(2,3)10-18(22)31/h4-8,11,21,28H,9-10H2,1-3H3,(H,27,29,32)/t21-/m1/s1. The first kappa shape index (κ1) is 24.1. The summed E-state index contributed by atoms with van der Waals surface area (Å²) in [5.74, 6) is -1.13. The van der Waals surface area contributed by atoms with Crippen LogP contribution in [0.4, 0.5) is 11.5 Å². The Balaban J connectivity index is 1.87. The van der Waals surface area contributed by atoms with E-state index in [0.717, 1.165) is 4.47 Å². The van der Waals surface area contributed by atoms with E-state index in [2.05, 4.69) is 31.5 Å². The molecule has 8 nitrogen and oxygen atoms in total. The second-order valence-electron chi connectivity index (χ2n) is 9.21. The van der Waals surface area contributed by atoms with E-state index in [1.165, 1.54) is 18.2 Å². The van der Waals surface area contributed by atoms with Crippen molar-refractivity contribution in [2.75, 3.05) is 5.32 Å². The number of halogens is 2. The lowest BCUT2D eigenvalue weighted by Gasteiger charge is -2.39. The number of allylic oxidation sites excluding steroid dienone is 3. The summed E-state index contributed by atoms with van der Waals surface area (Å²) in [5, 5.41) is 17.8. The number of dihydropyridines is 1. The monoisotopic (exact) mass is 544 g/mol. The lowest BCUT2D eigenvalue weighted by atomic mass is 9.68. The number of benzene rings is 1. The van der Waals surface area contributed by atoms with Crippen LogP contribution in [0.5, 0.6) is 0 Å². The van der Waals surface area contributed by atoms with Gasteiger partial charge in [0.1, 0.15) is 5.82 Å². The van der Waals surface area contributed by atoms with Gasteiger partial charge in [-0.05, 0) is 58.5 Å². The van der Waals surface area contributed by atoms with Crippen molar-refractivity contribution in [3.63, 3.8) is 0 Å². The van der Waals surface area contributed by atoms with Gasteiger partial charge in [-0.3, -0.25) is 19.7 Å². The topological polar surface area (TPSA) is 114 Å². The summed E-state index contributed by atoms with van der Waals surface area (Å²) >= 11 is 9.83. The van der Waals surface area contributed by atoms with Gasteiger partial charge in [-0.1, -0.05) is 25.4 Å². The van der Waals surface area contributed by atoms with Crippen molar-refractivity contribution >= 4 is 50.7 Å². The smallest absolute Gasteiger partial charge is 0.269 e. The molecule has 10 heteroatoms. The Morgan fingerprint density at radius 1 is 1.29 bits per heavy atom. The van der Waals surface area contributed by atoms with Gasteiger partial charge in [-0.25, -0.2) is 4.98 Å². The van der Waals surface area contributed by atoms with Crippen molar-refractivity contribution in [2.45, 2.75) is 39.5 Å². The molecular weight excluding hydrogens is 524 g/mol. The number of carbonyl (C=O) groups is 2. The van der Waals surface area contributed by atoms with Crippen LogP contribution in [0.25, 0.3) is 0 Å². The number of amides is 1. The molecule has 0 radical (unpaired) electrons. The number of ketones is 1. The summed E-state index contributed by atoms with van der Waals surface area (Å²) < 4.78 is 0.756. The number of nitro benzene ring substituents is 1. The Kier molecular flexibility index (Phi) is 6.35. The lowest BCUT2D eigenvalue weighted by molar-refractivity contribution is -0.384. The van der Waals surface area contributed by atoms with E-state index in [1.807, 2.05) is 13.8 Å². The number of hydrogen-bond acceptors (Lipinski definition) is 6. The van der Waals surface area contributed by atoms with Crippen LogP contribution in [-0.2, 0) is 9.59 Å². The zero-order valence-corrected chi connectivity index (χ0v) is 21.1. The van der Waals surface area contributed by atoms with Crippen molar-refractivity contribution in [1.29, 1.82) is 0 Å². The minimum absolute atomic E-state index is 0.120. The molecule has 1 aliphatic heterocycles. The van der Waals surface area contributed by atoms with Gasteiger partial charge in [-0.15, -0.1) is 0 Å². The zero-order chi connectivity index (χ0) is 24.8. The van der Waals surface area contributed by atoms with Crippen molar-refractivity contribution in [2.24, 2.45) is 5.41 Å². The molecule has 0 unspecified atom stereocenters. The molecule has 1 aliphatic carbocycles. The van der Waals surface area contributed by atoms with Gasteiger partial charge in [0.15, 0.2) is 5.78 Å². The molecule has 0 fully saturated rings. The van der Waals surface area contributed by atoms with Gasteiger partial charge in [0, 0.05) is 62.7 Å². The Morgan fingerprint density at radius 2 is 2.03 bits per heavy atom. The average Bonchev–Trinajstić information content (AvgIpc) is 2.73. The zero-order valence-electron chi connectivity index (χ0n) is 18.7. The van der Waals surface area contributed by atoms with Crippen LogP contribution in [-0.4, -0.2) is 21.6 Å². The van der Waals surface area contributed by atoms with Crippen LogP contribution < -0.4 is 10.6 Å². The highest BCUT2D eigenvalue weighted by atomic mass is 79.9. The molecular formula is C24H22BrClN4O4. The maximum absolute atomic E-state index is 13.5. The molecule has 0 bridgehead atoms. The highest BCUT2D eigenvalue weighted by molar-refractivity contribution is 9.10. The first-order valence-electron chi connectivity index (χ1n) is 10.6. The quantitative estimate of drug-likeness (QED) is 0.379. The molecule has 1 atom stereocenters. The molecule has 2 N–H and O–H groups in total. The second kappa shape index (κ2) is 8.96. The summed E-state index contributed by atoms with van der Waals surface area (Å²) in [7, 11) is 0. The molecule has 2 aliphatic rings. The van der Waals surface area contributed by atoms with Crippen LogP contribution >= 0.6 is 27.5 Å². The summed E-state index contributed by atoms with van der Waals surface area (Å²) in [6.07, 6.45) is 2.44. The van der Waals surface area contributed by atoms with Crippen LogP contribution in [0.1, 0.15) is 45.1 Å². The number of pyridine rings is 1. The van der Waals surface area contributed by atoms with Gasteiger partial charge in [0.2, 0.25) is 0 Å². The number of carbonyl (C=O) groups excluding carboxylic acids is 2. The fourth-order valence-corrected chi connectivity index (χ4v) is 5.01. The maximum atomic E-state index is 13.5. The second-order valence-corrected chi connectivity index (χ2v) is 10.5. The van der Waals surface area contributed by atoms with E-state index >= 15 is 0 Å². The number of hydrogen-bond donors (Lipinski definition) is 2. The average molecular weight is 546 g/mol. The molecule has 0 saturated heterocycles. The maximum Gasteiger partial charge on any atom is 0.269 e. The third kappa shape index (κ3) is 4.63. The number of aromatic nitrogens is 1. The Hall–Kier alpha value is -3.04. The molecule has 1 aromatic carbocycles. The number of nitro groups is 1. The van der Waals surface area contributed by atoms with Crippen molar-refractivity contribution < 1.29 is 14.5 Å². The van der Waals surface area contributed by atoms with Crippen LogP contribution in [0.2, 0.25) is 5.02 Å². The summed E-state index contributed by atoms with van der Waals surface area (Å²) in [6, 6.07) is 7.45. The number of nitrogens with zero attached hydrogens (tertiary/aromatic N) is 2. The molecule has 1 amide bonds. The lowest BCUT2D eigenvalue weighted by Crippen LogP contribution is -2.39. The van der Waals surface area contributed by atoms with E-state index < -0.39 is 16.7 Å². The number of rotatable bonds is 4. The van der Waals surface area contributed by atoms with Crippen molar-refractivity contribution in [3.05, 3.63) is 84.2 Å². The molecule has 2 aromatic rings. The van der Waals surface area contributed by atoms with Gasteiger partial charge >= 0.3 is 0 Å². The predicted octanol–water partition coefficient (Wildman–Crippen LogP) is 5.65. The van der Waals surface area contributed by atoms with Crippen LogP contribution in [0.3, 0.4) is 0 Å². The fourth-order valence-electron chi connectivity index (χ4n) is 4.55. The van der Waals surface area contributed by atoms with E-state index in [0.29, 0.717) is 41.2 Å². The normalized spacial score (nSPS) is 19.4. The van der Waals surface area contributed by atoms with Gasteiger partial charge < -0.3 is 10.6 Å². The molecule has 0 spiro atoms. The molecule has 34 heavy (non-hydrogen) atoms. The Labute approximate surface area is 209 Å². The highest BCUT2D eigenvalue weighted by Crippen LogP contribution is 2.48. The number of non-ortho nitro benzene ring substituents is 1. The van der Waals surface area contributed by atoms with Gasteiger partial charge in [0.25, 0.3) is 11.6 Å². The predicted molar refractivity (Wildman–Crippen MR) is 132 cm³/mol. The molecule has 1 aromatic heterocycles. The first-order valence-corrected chi connectivity index (χ1v) is 11.7. The third-order valence-corrected chi connectivity index (χ3v) is 6.77.